The van der Waals surface area contributed by atoms with Gasteiger partial charge in [-0.15, -0.1) is 5.10 Å². The van der Waals surface area contributed by atoms with Crippen molar-refractivity contribution in [3.8, 4) is 0 Å². The van der Waals surface area contributed by atoms with E-state index >= 15 is 0 Å². The Labute approximate surface area is 127 Å². The normalized spacial score (nSPS) is 10.6. The molecule has 112 valence electrons. The summed E-state index contributed by atoms with van der Waals surface area (Å²) in [7, 11) is 1.62. The minimum absolute atomic E-state index is 0.0652. The van der Waals surface area contributed by atoms with E-state index in [1.807, 2.05) is 25.1 Å². The molecule has 6 nitrogen and oxygen atoms in total. The molecule has 0 aliphatic heterocycles. The van der Waals surface area contributed by atoms with E-state index in [2.05, 4.69) is 14.6 Å². The Kier molecular flexibility index (Phi) is 5.77. The average Bonchev–Trinajstić information content (AvgIpc) is 3.00. The van der Waals surface area contributed by atoms with Crippen molar-refractivity contribution in [3.63, 3.8) is 0 Å². The highest BCUT2D eigenvalue weighted by atomic mass is 32.1. The van der Waals surface area contributed by atoms with Crippen LogP contribution in [0, 0.1) is 0 Å². The average molecular weight is 306 g/mol. The van der Waals surface area contributed by atoms with Crippen LogP contribution in [0.25, 0.3) is 0 Å². The Balaban J connectivity index is 2.17. The Hall–Kier alpha value is -1.86. The van der Waals surface area contributed by atoms with Gasteiger partial charge >= 0.3 is 0 Å². The molecule has 1 amide bonds. The van der Waals surface area contributed by atoms with E-state index in [0.717, 1.165) is 22.9 Å². The SMILES string of the molecule is CCc1nnsc1C(=O)N(CCOC)Cc1ccccn1. The molecule has 0 bridgehead atoms. The van der Waals surface area contributed by atoms with Crippen molar-refractivity contribution in [2.45, 2.75) is 19.9 Å². The van der Waals surface area contributed by atoms with Crippen LogP contribution in [-0.2, 0) is 17.7 Å². The number of rotatable bonds is 7. The van der Waals surface area contributed by atoms with Crippen LogP contribution in [-0.4, -0.2) is 45.6 Å². The third kappa shape index (κ3) is 4.05. The van der Waals surface area contributed by atoms with E-state index in [0.29, 0.717) is 31.0 Å². The van der Waals surface area contributed by atoms with Gasteiger partial charge in [-0.3, -0.25) is 9.78 Å². The van der Waals surface area contributed by atoms with Gasteiger partial charge in [-0.25, -0.2) is 0 Å². The highest BCUT2D eigenvalue weighted by Gasteiger charge is 2.22. The molecule has 0 saturated carbocycles. The molecule has 0 fully saturated rings. The molecule has 2 rings (SSSR count). The van der Waals surface area contributed by atoms with Gasteiger partial charge < -0.3 is 9.64 Å². The van der Waals surface area contributed by atoms with Crippen molar-refractivity contribution in [1.82, 2.24) is 19.5 Å². The number of hydrogen-bond acceptors (Lipinski definition) is 6. The first kappa shape index (κ1) is 15.5. The van der Waals surface area contributed by atoms with E-state index in [4.69, 9.17) is 4.74 Å². The molecule has 2 heterocycles. The Morgan fingerprint density at radius 2 is 2.29 bits per heavy atom. The van der Waals surface area contributed by atoms with Gasteiger partial charge in [0.05, 0.1) is 24.5 Å². The second-order valence-corrected chi connectivity index (χ2v) is 5.20. The number of ether oxygens (including phenoxy) is 1. The zero-order valence-corrected chi connectivity index (χ0v) is 13.0. The molecule has 0 atom stereocenters. The standard InChI is InChI=1S/C14H18N4O2S/c1-3-12-13(21-17-16-12)14(19)18(8-9-20-2)10-11-6-4-5-7-15-11/h4-7H,3,8-10H2,1-2H3. The van der Waals surface area contributed by atoms with Gasteiger partial charge in [-0.2, -0.15) is 0 Å². The van der Waals surface area contributed by atoms with Crippen molar-refractivity contribution >= 4 is 17.4 Å². The molecule has 7 heteroatoms. The molecule has 0 aliphatic carbocycles. The molecule has 21 heavy (non-hydrogen) atoms. The molecule has 0 spiro atoms. The summed E-state index contributed by atoms with van der Waals surface area (Å²) >= 11 is 1.14. The van der Waals surface area contributed by atoms with Gasteiger partial charge in [0.2, 0.25) is 0 Å². The van der Waals surface area contributed by atoms with E-state index in [-0.39, 0.29) is 5.91 Å². The molecule has 0 saturated heterocycles. The summed E-state index contributed by atoms with van der Waals surface area (Å²) in [6.45, 7) is 3.40. The zero-order chi connectivity index (χ0) is 15.1. The van der Waals surface area contributed by atoms with Crippen molar-refractivity contribution in [2.75, 3.05) is 20.3 Å². The van der Waals surface area contributed by atoms with Crippen molar-refractivity contribution < 1.29 is 9.53 Å². The lowest BCUT2D eigenvalue weighted by atomic mass is 10.2. The number of aryl methyl sites for hydroxylation is 1. The van der Waals surface area contributed by atoms with Crippen LogP contribution in [0.1, 0.15) is 28.0 Å². The van der Waals surface area contributed by atoms with Gasteiger partial charge in [-0.1, -0.05) is 17.5 Å². The monoisotopic (exact) mass is 306 g/mol. The second kappa shape index (κ2) is 7.80. The lowest BCUT2D eigenvalue weighted by Gasteiger charge is -2.21. The quantitative estimate of drug-likeness (QED) is 0.780. The zero-order valence-electron chi connectivity index (χ0n) is 12.2. The summed E-state index contributed by atoms with van der Waals surface area (Å²) in [6, 6.07) is 5.67. The molecule has 0 radical (unpaired) electrons. The number of amides is 1. The van der Waals surface area contributed by atoms with Crippen molar-refractivity contribution in [1.29, 1.82) is 0 Å². The van der Waals surface area contributed by atoms with Gasteiger partial charge in [0.15, 0.2) is 0 Å². The molecule has 0 unspecified atom stereocenters. The van der Waals surface area contributed by atoms with Crippen LogP contribution in [0.3, 0.4) is 0 Å². The summed E-state index contributed by atoms with van der Waals surface area (Å²) in [4.78, 5) is 19.3. The predicted molar refractivity (Wildman–Crippen MR) is 80.1 cm³/mol. The van der Waals surface area contributed by atoms with Crippen LogP contribution < -0.4 is 0 Å². The number of carbonyl (C=O) groups excluding carboxylic acids is 1. The first-order valence-electron chi connectivity index (χ1n) is 6.75. The highest BCUT2D eigenvalue weighted by molar-refractivity contribution is 7.07. The van der Waals surface area contributed by atoms with E-state index in [9.17, 15) is 4.79 Å². The number of aromatic nitrogens is 3. The fraction of sp³-hybridized carbons (Fsp3) is 0.429. The summed E-state index contributed by atoms with van der Waals surface area (Å²) < 4.78 is 8.97. The predicted octanol–water partition coefficient (Wildman–Crippen LogP) is 1.78. The maximum absolute atomic E-state index is 12.7. The third-order valence-corrected chi connectivity index (χ3v) is 3.77. The lowest BCUT2D eigenvalue weighted by Crippen LogP contribution is -2.33. The maximum Gasteiger partial charge on any atom is 0.267 e. The Morgan fingerprint density at radius 3 is 2.95 bits per heavy atom. The van der Waals surface area contributed by atoms with Gasteiger partial charge in [0.1, 0.15) is 4.88 Å². The number of hydrogen-bond donors (Lipinski definition) is 0. The smallest absolute Gasteiger partial charge is 0.267 e. The summed E-state index contributed by atoms with van der Waals surface area (Å²) in [5, 5.41) is 4.00. The van der Waals surface area contributed by atoms with Crippen LogP contribution in [0.4, 0.5) is 0 Å². The number of methoxy groups -OCH3 is 1. The summed E-state index contributed by atoms with van der Waals surface area (Å²) in [5.41, 5.74) is 1.59. The summed E-state index contributed by atoms with van der Waals surface area (Å²) in [5.74, 6) is -0.0652. The van der Waals surface area contributed by atoms with E-state index < -0.39 is 0 Å². The van der Waals surface area contributed by atoms with Crippen molar-refractivity contribution in [2.24, 2.45) is 0 Å². The van der Waals surface area contributed by atoms with Gasteiger partial charge in [-0.05, 0) is 30.1 Å². The molecule has 2 aromatic rings. The van der Waals surface area contributed by atoms with Crippen LogP contribution in [0.2, 0.25) is 0 Å². The number of nitrogens with zero attached hydrogens (tertiary/aromatic N) is 4. The first-order valence-corrected chi connectivity index (χ1v) is 7.53. The molecular weight excluding hydrogens is 288 g/mol. The Bertz CT molecular complexity index is 573. The lowest BCUT2D eigenvalue weighted by molar-refractivity contribution is 0.0681. The summed E-state index contributed by atoms with van der Waals surface area (Å²) in [6.07, 6.45) is 2.42. The van der Waals surface area contributed by atoms with E-state index in [1.54, 1.807) is 18.2 Å². The molecular formula is C14H18N4O2S. The fourth-order valence-electron chi connectivity index (χ4n) is 1.89. The molecule has 0 N–H and O–H groups in total. The van der Waals surface area contributed by atoms with Crippen molar-refractivity contribution in [3.05, 3.63) is 40.7 Å². The molecule has 0 aliphatic rings. The maximum atomic E-state index is 12.7. The van der Waals surface area contributed by atoms with Crippen LogP contribution in [0.15, 0.2) is 24.4 Å². The fourth-order valence-corrected chi connectivity index (χ4v) is 2.61. The highest BCUT2D eigenvalue weighted by Crippen LogP contribution is 2.15. The second-order valence-electron chi connectivity index (χ2n) is 4.44. The minimum Gasteiger partial charge on any atom is -0.383 e. The number of pyridine rings is 1. The first-order chi connectivity index (χ1) is 10.3. The van der Waals surface area contributed by atoms with Crippen LogP contribution >= 0.6 is 11.5 Å². The topological polar surface area (TPSA) is 68.2 Å². The molecule has 2 aromatic heterocycles. The van der Waals surface area contributed by atoms with E-state index in [1.165, 1.54) is 0 Å². The minimum atomic E-state index is -0.0652. The third-order valence-electron chi connectivity index (χ3n) is 3.02. The number of carbonyl (C=O) groups is 1. The van der Waals surface area contributed by atoms with Gasteiger partial charge in [0, 0.05) is 19.9 Å². The largest absolute Gasteiger partial charge is 0.383 e. The Morgan fingerprint density at radius 1 is 1.43 bits per heavy atom. The molecule has 0 aromatic carbocycles. The van der Waals surface area contributed by atoms with Crippen LogP contribution in [0.5, 0.6) is 0 Å². The van der Waals surface area contributed by atoms with Gasteiger partial charge in [0.25, 0.3) is 5.91 Å².